The number of carbonyl (C=O) groups is 1. The van der Waals surface area contributed by atoms with Gasteiger partial charge >= 0.3 is 0 Å². The molecule has 0 aromatic heterocycles. The molecule has 2 N–H and O–H groups in total. The molecule has 1 heterocycles. The number of hydrogen-bond donors (Lipinski definition) is 2. The number of amides is 1. The number of rotatable bonds is 7. The zero-order valence-electron chi connectivity index (χ0n) is 13.4. The number of thioether (sulfide) groups is 1. The third-order valence-corrected chi connectivity index (χ3v) is 4.90. The summed E-state index contributed by atoms with van der Waals surface area (Å²) in [4.78, 5) is 13.3. The van der Waals surface area contributed by atoms with E-state index >= 15 is 0 Å². The average Bonchev–Trinajstić information content (AvgIpc) is 2.99. The Balaban J connectivity index is 0.00000242. The van der Waals surface area contributed by atoms with Crippen molar-refractivity contribution in [2.75, 3.05) is 18.8 Å². The van der Waals surface area contributed by atoms with Crippen LogP contribution in [0.15, 0.2) is 29.2 Å². The van der Waals surface area contributed by atoms with Gasteiger partial charge in [-0.05, 0) is 62.2 Å². The molecule has 0 radical (unpaired) electrons. The number of halogens is 1. The fourth-order valence-electron chi connectivity index (χ4n) is 2.71. The van der Waals surface area contributed by atoms with Crippen LogP contribution in [0.2, 0.25) is 0 Å². The van der Waals surface area contributed by atoms with Crippen molar-refractivity contribution in [2.24, 2.45) is 5.92 Å². The summed E-state index contributed by atoms with van der Waals surface area (Å²) in [5, 5.41) is 6.45. The van der Waals surface area contributed by atoms with Gasteiger partial charge in [-0.25, -0.2) is 0 Å². The Morgan fingerprint density at radius 3 is 2.73 bits per heavy atom. The second kappa shape index (κ2) is 10.1. The molecule has 3 nitrogen and oxygen atoms in total. The summed E-state index contributed by atoms with van der Waals surface area (Å²) in [5.74, 6) is 1.93. The standard InChI is InChI=1S/C17H26N2OS.ClH/c1-3-21-16-7-5-15(6-8-16)13(2)19-17(20)9-4-14-10-11-18-12-14;/h5-8,13-14,18H,3-4,9-12H2,1-2H3,(H,19,20);1H. The number of benzene rings is 1. The second-order valence-corrected chi connectivity index (χ2v) is 7.03. The highest BCUT2D eigenvalue weighted by molar-refractivity contribution is 7.99. The van der Waals surface area contributed by atoms with E-state index in [1.165, 1.54) is 16.9 Å². The Bertz CT molecular complexity index is 446. The molecule has 1 amide bonds. The minimum absolute atomic E-state index is 0. The molecule has 0 bridgehead atoms. The summed E-state index contributed by atoms with van der Waals surface area (Å²) in [6.45, 7) is 6.38. The van der Waals surface area contributed by atoms with Crippen LogP contribution in [0, 0.1) is 5.92 Å². The lowest BCUT2D eigenvalue weighted by Crippen LogP contribution is -2.27. The maximum Gasteiger partial charge on any atom is 0.220 e. The van der Waals surface area contributed by atoms with Gasteiger partial charge in [-0.15, -0.1) is 24.2 Å². The predicted molar refractivity (Wildman–Crippen MR) is 96.9 cm³/mol. The highest BCUT2D eigenvalue weighted by atomic mass is 35.5. The van der Waals surface area contributed by atoms with E-state index < -0.39 is 0 Å². The van der Waals surface area contributed by atoms with Crippen molar-refractivity contribution in [3.05, 3.63) is 29.8 Å². The number of nitrogens with one attached hydrogen (secondary N) is 2. The molecule has 0 saturated carbocycles. The fraction of sp³-hybridized carbons (Fsp3) is 0.588. The smallest absolute Gasteiger partial charge is 0.220 e. The monoisotopic (exact) mass is 342 g/mol. The van der Waals surface area contributed by atoms with Crippen LogP contribution in [0.3, 0.4) is 0 Å². The van der Waals surface area contributed by atoms with Crippen LogP contribution in [0.25, 0.3) is 0 Å². The molecule has 5 heteroatoms. The molecule has 2 rings (SSSR count). The zero-order chi connectivity index (χ0) is 15.1. The van der Waals surface area contributed by atoms with Gasteiger partial charge in [0.15, 0.2) is 0 Å². The van der Waals surface area contributed by atoms with Gasteiger partial charge < -0.3 is 10.6 Å². The van der Waals surface area contributed by atoms with E-state index in [1.807, 2.05) is 11.8 Å². The molecule has 0 spiro atoms. The lowest BCUT2D eigenvalue weighted by Gasteiger charge is -2.15. The van der Waals surface area contributed by atoms with Crippen molar-refractivity contribution in [3.63, 3.8) is 0 Å². The van der Waals surface area contributed by atoms with E-state index in [9.17, 15) is 4.79 Å². The van der Waals surface area contributed by atoms with Crippen LogP contribution in [0.4, 0.5) is 0 Å². The summed E-state index contributed by atoms with van der Waals surface area (Å²) in [6.07, 6.45) is 2.84. The van der Waals surface area contributed by atoms with E-state index in [-0.39, 0.29) is 24.4 Å². The van der Waals surface area contributed by atoms with Crippen LogP contribution in [-0.4, -0.2) is 24.7 Å². The topological polar surface area (TPSA) is 41.1 Å². The third-order valence-electron chi connectivity index (χ3n) is 4.01. The van der Waals surface area contributed by atoms with Crippen LogP contribution in [0.5, 0.6) is 0 Å². The first-order chi connectivity index (χ1) is 10.2. The van der Waals surface area contributed by atoms with Crippen molar-refractivity contribution >= 4 is 30.1 Å². The van der Waals surface area contributed by atoms with Crippen LogP contribution in [-0.2, 0) is 4.79 Å². The summed E-state index contributed by atoms with van der Waals surface area (Å²) < 4.78 is 0. The first-order valence-corrected chi connectivity index (χ1v) is 8.90. The molecule has 0 aliphatic carbocycles. The summed E-state index contributed by atoms with van der Waals surface area (Å²) >= 11 is 1.84. The van der Waals surface area contributed by atoms with E-state index in [2.05, 4.69) is 48.7 Å². The Labute approximate surface area is 144 Å². The van der Waals surface area contributed by atoms with Crippen molar-refractivity contribution in [1.29, 1.82) is 0 Å². The molecule has 1 aromatic rings. The van der Waals surface area contributed by atoms with Crippen LogP contribution in [0.1, 0.15) is 44.7 Å². The molecule has 1 fully saturated rings. The van der Waals surface area contributed by atoms with Crippen molar-refractivity contribution in [2.45, 2.75) is 44.0 Å². The largest absolute Gasteiger partial charge is 0.350 e. The second-order valence-electron chi connectivity index (χ2n) is 5.69. The maximum atomic E-state index is 12.0. The summed E-state index contributed by atoms with van der Waals surface area (Å²) in [6, 6.07) is 8.58. The Kier molecular flexibility index (Phi) is 8.91. The minimum atomic E-state index is 0. The minimum Gasteiger partial charge on any atom is -0.350 e. The summed E-state index contributed by atoms with van der Waals surface area (Å²) in [7, 11) is 0. The van der Waals surface area contributed by atoms with E-state index in [0.717, 1.165) is 25.3 Å². The SMILES string of the molecule is CCSc1ccc(C(C)NC(=O)CCC2CCNC2)cc1.Cl. The highest BCUT2D eigenvalue weighted by Crippen LogP contribution is 2.21. The van der Waals surface area contributed by atoms with Gasteiger partial charge in [-0.3, -0.25) is 4.79 Å². The zero-order valence-corrected chi connectivity index (χ0v) is 15.1. The molecule has 1 aliphatic rings. The van der Waals surface area contributed by atoms with Gasteiger partial charge in [0, 0.05) is 11.3 Å². The average molecular weight is 343 g/mol. The lowest BCUT2D eigenvalue weighted by molar-refractivity contribution is -0.122. The first kappa shape index (κ1) is 19.3. The van der Waals surface area contributed by atoms with Gasteiger partial charge in [0.2, 0.25) is 5.91 Å². The van der Waals surface area contributed by atoms with Crippen LogP contribution >= 0.6 is 24.2 Å². The quantitative estimate of drug-likeness (QED) is 0.741. The molecule has 1 aliphatic heterocycles. The molecular weight excluding hydrogens is 316 g/mol. The molecule has 2 atom stereocenters. The Morgan fingerprint density at radius 1 is 1.41 bits per heavy atom. The van der Waals surface area contributed by atoms with Crippen molar-refractivity contribution in [3.8, 4) is 0 Å². The number of carbonyl (C=O) groups excluding carboxylic acids is 1. The van der Waals surface area contributed by atoms with Crippen molar-refractivity contribution < 1.29 is 4.79 Å². The lowest BCUT2D eigenvalue weighted by atomic mass is 10.0. The van der Waals surface area contributed by atoms with Crippen molar-refractivity contribution in [1.82, 2.24) is 10.6 Å². The third kappa shape index (κ3) is 6.19. The molecule has 22 heavy (non-hydrogen) atoms. The van der Waals surface area contributed by atoms with Gasteiger partial charge in [0.25, 0.3) is 0 Å². The molecule has 124 valence electrons. The van der Waals surface area contributed by atoms with Crippen LogP contribution < -0.4 is 10.6 Å². The molecule has 2 unspecified atom stereocenters. The Hall–Kier alpha value is -0.710. The normalized spacial score (nSPS) is 18.5. The molecular formula is C17H27ClN2OS. The van der Waals surface area contributed by atoms with E-state index in [0.29, 0.717) is 12.3 Å². The van der Waals surface area contributed by atoms with Gasteiger partial charge in [0.1, 0.15) is 0 Å². The first-order valence-electron chi connectivity index (χ1n) is 7.92. The predicted octanol–water partition coefficient (Wildman–Crippen LogP) is 3.79. The number of hydrogen-bond acceptors (Lipinski definition) is 3. The highest BCUT2D eigenvalue weighted by Gasteiger charge is 2.16. The van der Waals surface area contributed by atoms with E-state index in [4.69, 9.17) is 0 Å². The summed E-state index contributed by atoms with van der Waals surface area (Å²) in [5.41, 5.74) is 1.17. The molecule has 1 saturated heterocycles. The van der Waals surface area contributed by atoms with E-state index in [1.54, 1.807) is 0 Å². The molecule has 1 aromatic carbocycles. The van der Waals surface area contributed by atoms with Gasteiger partial charge in [-0.1, -0.05) is 19.1 Å². The fourth-order valence-corrected chi connectivity index (χ4v) is 3.37. The maximum absolute atomic E-state index is 12.0. The van der Waals surface area contributed by atoms with Gasteiger partial charge in [-0.2, -0.15) is 0 Å². The van der Waals surface area contributed by atoms with Gasteiger partial charge in [0.05, 0.1) is 6.04 Å². The Morgan fingerprint density at radius 2 is 2.14 bits per heavy atom.